The summed E-state index contributed by atoms with van der Waals surface area (Å²) in [5.74, 6) is 0.558. The second kappa shape index (κ2) is 9.51. The Balaban J connectivity index is 1.58. The minimum Gasteiger partial charge on any atom is -0.497 e. The Morgan fingerprint density at radius 3 is 2.83 bits per heavy atom. The topological polar surface area (TPSA) is 114 Å². The standard InChI is InChI=1S/C24H24N4O6S/c1-32-14-7-8-17(18(11-14)33-2)26-19(29)13-27-20-16-6-3-9-25-22(16)35-21(20)23(30)28(24(27)31)12-15-5-4-10-34-15/h3,6-9,11,15H,4-5,10,12-13H2,1-2H3,(H,26,29)/t15-/m0/s1. The van der Waals surface area contributed by atoms with Gasteiger partial charge in [-0.1, -0.05) is 0 Å². The monoisotopic (exact) mass is 496 g/mol. The average Bonchev–Trinajstić information content (AvgIpc) is 3.52. The summed E-state index contributed by atoms with van der Waals surface area (Å²) in [5, 5.41) is 3.45. The van der Waals surface area contributed by atoms with Gasteiger partial charge in [-0.2, -0.15) is 0 Å². The van der Waals surface area contributed by atoms with E-state index in [0.29, 0.717) is 44.2 Å². The number of anilines is 1. The largest absolute Gasteiger partial charge is 0.497 e. The van der Waals surface area contributed by atoms with Crippen LogP contribution >= 0.6 is 11.3 Å². The van der Waals surface area contributed by atoms with Gasteiger partial charge in [0.15, 0.2) is 0 Å². The molecule has 0 aliphatic carbocycles. The van der Waals surface area contributed by atoms with Crippen LogP contribution in [0.15, 0.2) is 46.1 Å². The number of pyridine rings is 1. The molecule has 10 nitrogen and oxygen atoms in total. The van der Waals surface area contributed by atoms with E-state index >= 15 is 0 Å². The molecule has 1 aliphatic rings. The van der Waals surface area contributed by atoms with E-state index in [1.807, 2.05) is 0 Å². The molecule has 3 aromatic heterocycles. The van der Waals surface area contributed by atoms with Crippen molar-refractivity contribution in [2.45, 2.75) is 32.0 Å². The van der Waals surface area contributed by atoms with E-state index in [2.05, 4.69) is 10.3 Å². The highest BCUT2D eigenvalue weighted by molar-refractivity contribution is 7.25. The maximum atomic E-state index is 13.6. The molecule has 1 fully saturated rings. The zero-order valence-electron chi connectivity index (χ0n) is 19.3. The molecule has 1 N–H and O–H groups in total. The number of thiophene rings is 1. The van der Waals surface area contributed by atoms with Gasteiger partial charge in [0.2, 0.25) is 5.91 Å². The van der Waals surface area contributed by atoms with Gasteiger partial charge in [-0.15, -0.1) is 11.3 Å². The molecule has 1 aromatic carbocycles. The van der Waals surface area contributed by atoms with Crippen molar-refractivity contribution in [1.29, 1.82) is 0 Å². The molecule has 0 unspecified atom stereocenters. The highest BCUT2D eigenvalue weighted by atomic mass is 32.1. The van der Waals surface area contributed by atoms with E-state index < -0.39 is 17.2 Å². The zero-order valence-corrected chi connectivity index (χ0v) is 20.1. The quantitative estimate of drug-likeness (QED) is 0.418. The summed E-state index contributed by atoms with van der Waals surface area (Å²) in [7, 11) is 3.03. The van der Waals surface area contributed by atoms with Crippen LogP contribution in [0.1, 0.15) is 12.8 Å². The Morgan fingerprint density at radius 1 is 1.23 bits per heavy atom. The number of ether oxygens (including phenoxy) is 3. The molecule has 11 heteroatoms. The van der Waals surface area contributed by atoms with Crippen LogP contribution in [0, 0.1) is 0 Å². The van der Waals surface area contributed by atoms with Gasteiger partial charge < -0.3 is 19.5 Å². The number of aromatic nitrogens is 3. The third kappa shape index (κ3) is 4.28. The molecule has 0 bridgehead atoms. The van der Waals surface area contributed by atoms with Crippen molar-refractivity contribution in [3.63, 3.8) is 0 Å². The number of hydrogen-bond donors (Lipinski definition) is 1. The van der Waals surface area contributed by atoms with Gasteiger partial charge in [-0.3, -0.25) is 18.7 Å². The lowest BCUT2D eigenvalue weighted by Gasteiger charge is -2.16. The maximum absolute atomic E-state index is 13.6. The van der Waals surface area contributed by atoms with Crippen molar-refractivity contribution >= 4 is 43.4 Å². The molecule has 0 spiro atoms. The van der Waals surface area contributed by atoms with Crippen LogP contribution in [0.4, 0.5) is 5.69 Å². The smallest absolute Gasteiger partial charge is 0.332 e. The number of rotatable bonds is 7. The van der Waals surface area contributed by atoms with E-state index in [9.17, 15) is 14.4 Å². The van der Waals surface area contributed by atoms with E-state index in [1.54, 1.807) is 36.5 Å². The van der Waals surface area contributed by atoms with Gasteiger partial charge in [0.25, 0.3) is 5.56 Å². The fourth-order valence-electron chi connectivity index (χ4n) is 4.32. The number of nitrogens with one attached hydrogen (secondary N) is 1. The third-order valence-electron chi connectivity index (χ3n) is 6.01. The van der Waals surface area contributed by atoms with Crippen LogP contribution in [0.5, 0.6) is 11.5 Å². The number of carbonyl (C=O) groups is 1. The first kappa shape index (κ1) is 23.1. The zero-order chi connectivity index (χ0) is 24.5. The van der Waals surface area contributed by atoms with E-state index in [-0.39, 0.29) is 19.2 Å². The van der Waals surface area contributed by atoms with Crippen LogP contribution in [-0.4, -0.2) is 47.0 Å². The molecule has 4 heterocycles. The van der Waals surface area contributed by atoms with Gasteiger partial charge in [0, 0.05) is 24.3 Å². The molecule has 1 amide bonds. The second-order valence-corrected chi connectivity index (χ2v) is 9.17. The highest BCUT2D eigenvalue weighted by Gasteiger charge is 2.24. The van der Waals surface area contributed by atoms with Crippen LogP contribution in [0.2, 0.25) is 0 Å². The molecular formula is C24H24N4O6S. The minimum absolute atomic E-state index is 0.142. The number of methoxy groups -OCH3 is 2. The number of amides is 1. The fraction of sp³-hybridized carbons (Fsp3) is 0.333. The lowest BCUT2D eigenvalue weighted by Crippen LogP contribution is -2.43. The molecule has 0 radical (unpaired) electrons. The summed E-state index contributed by atoms with van der Waals surface area (Å²) in [6, 6.07) is 8.55. The Kier molecular flexibility index (Phi) is 6.27. The Hall–Kier alpha value is -3.70. The number of hydrogen-bond acceptors (Lipinski definition) is 8. The van der Waals surface area contributed by atoms with E-state index in [1.165, 1.54) is 34.7 Å². The SMILES string of the molecule is COc1ccc(NC(=O)Cn2c(=O)n(C[C@@H]3CCCO3)c(=O)c3sc4ncccc4c32)c(OC)c1. The predicted octanol–water partition coefficient (Wildman–Crippen LogP) is 2.61. The lowest BCUT2D eigenvalue weighted by molar-refractivity contribution is -0.116. The fourth-order valence-corrected chi connectivity index (χ4v) is 5.41. The van der Waals surface area contributed by atoms with E-state index in [4.69, 9.17) is 14.2 Å². The summed E-state index contributed by atoms with van der Waals surface area (Å²) in [4.78, 5) is 45.0. The molecule has 5 rings (SSSR count). The predicted molar refractivity (Wildman–Crippen MR) is 133 cm³/mol. The van der Waals surface area contributed by atoms with Crippen molar-refractivity contribution in [3.05, 3.63) is 57.4 Å². The molecular weight excluding hydrogens is 472 g/mol. The number of benzene rings is 1. The molecule has 182 valence electrons. The van der Waals surface area contributed by atoms with Gasteiger partial charge in [0.1, 0.15) is 27.6 Å². The summed E-state index contributed by atoms with van der Waals surface area (Å²) in [6.45, 7) is 0.453. The first-order valence-electron chi connectivity index (χ1n) is 11.1. The van der Waals surface area contributed by atoms with Crippen molar-refractivity contribution in [1.82, 2.24) is 14.1 Å². The summed E-state index contributed by atoms with van der Waals surface area (Å²) < 4.78 is 19.1. The number of fused-ring (bicyclic) bond motifs is 3. The summed E-state index contributed by atoms with van der Waals surface area (Å²) in [6.07, 6.45) is 3.08. The molecule has 4 aromatic rings. The normalized spacial score (nSPS) is 15.5. The molecule has 35 heavy (non-hydrogen) atoms. The molecule has 0 saturated carbocycles. The number of carbonyl (C=O) groups excluding carboxylic acids is 1. The summed E-state index contributed by atoms with van der Waals surface area (Å²) in [5.41, 5.74) is -0.101. The van der Waals surface area contributed by atoms with Crippen molar-refractivity contribution in [3.8, 4) is 11.5 Å². The highest BCUT2D eigenvalue weighted by Crippen LogP contribution is 2.31. The lowest BCUT2D eigenvalue weighted by atomic mass is 10.2. The Morgan fingerprint density at radius 2 is 2.09 bits per heavy atom. The van der Waals surface area contributed by atoms with Crippen molar-refractivity contribution < 1.29 is 19.0 Å². The van der Waals surface area contributed by atoms with Gasteiger partial charge in [-0.25, -0.2) is 9.78 Å². The molecule has 1 saturated heterocycles. The van der Waals surface area contributed by atoms with Gasteiger partial charge in [-0.05, 0) is 37.1 Å². The molecule has 1 aliphatic heterocycles. The van der Waals surface area contributed by atoms with Crippen molar-refractivity contribution in [2.24, 2.45) is 0 Å². The molecule has 1 atom stereocenters. The van der Waals surface area contributed by atoms with Gasteiger partial charge >= 0.3 is 5.69 Å². The Labute approximate surface area is 203 Å². The summed E-state index contributed by atoms with van der Waals surface area (Å²) >= 11 is 1.21. The minimum atomic E-state index is -0.557. The van der Waals surface area contributed by atoms with Crippen LogP contribution in [-0.2, 0) is 22.6 Å². The van der Waals surface area contributed by atoms with Crippen molar-refractivity contribution in [2.75, 3.05) is 26.1 Å². The average molecular weight is 497 g/mol. The second-order valence-electron chi connectivity index (χ2n) is 8.17. The first-order chi connectivity index (χ1) is 17.0. The Bertz CT molecular complexity index is 1530. The van der Waals surface area contributed by atoms with Crippen LogP contribution in [0.3, 0.4) is 0 Å². The maximum Gasteiger partial charge on any atom is 0.332 e. The van der Waals surface area contributed by atoms with Crippen LogP contribution in [0.25, 0.3) is 20.4 Å². The third-order valence-corrected chi connectivity index (χ3v) is 7.10. The van der Waals surface area contributed by atoms with Crippen LogP contribution < -0.4 is 26.0 Å². The van der Waals surface area contributed by atoms with Gasteiger partial charge in [0.05, 0.1) is 38.1 Å². The first-order valence-corrected chi connectivity index (χ1v) is 12.0. The number of nitrogens with zero attached hydrogens (tertiary/aromatic N) is 3. The van der Waals surface area contributed by atoms with E-state index in [0.717, 1.165) is 12.8 Å².